The molecule has 0 atom stereocenters. The molecule has 2 heterocycles. The molecule has 164 valence electrons. The summed E-state index contributed by atoms with van der Waals surface area (Å²) in [6.45, 7) is 16.9. The molecule has 0 saturated heterocycles. The molecular weight excluding hydrogens is 520 g/mol. The molecule has 31 heavy (non-hydrogen) atoms. The van der Waals surface area contributed by atoms with Gasteiger partial charge in [-0.3, -0.25) is 0 Å². The highest BCUT2D eigenvalue weighted by atomic mass is 79.9. The summed E-state index contributed by atoms with van der Waals surface area (Å²) in [5, 5.41) is 3.39. The number of aryl methyl sites for hydroxylation is 1. The molecule has 0 fully saturated rings. The van der Waals surface area contributed by atoms with Gasteiger partial charge in [-0.1, -0.05) is 65.3 Å². The lowest BCUT2D eigenvalue weighted by Gasteiger charge is -2.42. The summed E-state index contributed by atoms with van der Waals surface area (Å²) in [4.78, 5) is 1.30. The molecule has 2 aromatic heterocycles. The van der Waals surface area contributed by atoms with Crippen LogP contribution in [0.1, 0.15) is 46.4 Å². The van der Waals surface area contributed by atoms with Crippen LogP contribution in [0.2, 0.25) is 21.6 Å². The molecule has 0 spiro atoms. The highest BCUT2D eigenvalue weighted by Crippen LogP contribution is 2.47. The van der Waals surface area contributed by atoms with E-state index < -0.39 is 8.07 Å². The van der Waals surface area contributed by atoms with Crippen molar-refractivity contribution in [2.45, 2.75) is 65.1 Å². The second kappa shape index (κ2) is 8.61. The quantitative estimate of drug-likeness (QED) is 0.217. The Morgan fingerprint density at radius 2 is 1.39 bits per heavy atom. The maximum Gasteiger partial charge on any atom is 0.107 e. The molecule has 5 heteroatoms. The van der Waals surface area contributed by atoms with Gasteiger partial charge in [-0.15, -0.1) is 22.7 Å². The minimum absolute atomic E-state index is 0.699. The minimum Gasteiger partial charge on any atom is -0.144 e. The van der Waals surface area contributed by atoms with Gasteiger partial charge in [0.2, 0.25) is 0 Å². The van der Waals surface area contributed by atoms with Crippen LogP contribution in [0.15, 0.2) is 40.9 Å². The van der Waals surface area contributed by atoms with Crippen LogP contribution in [0.25, 0.3) is 31.3 Å². The van der Waals surface area contributed by atoms with Gasteiger partial charge in [-0.25, -0.2) is 0 Å². The van der Waals surface area contributed by atoms with Gasteiger partial charge in [0.15, 0.2) is 0 Å². The maximum absolute atomic E-state index is 6.55. The average Bonchev–Trinajstić information content (AvgIpc) is 3.28. The molecule has 0 aliphatic heterocycles. The van der Waals surface area contributed by atoms with E-state index in [2.05, 4.69) is 101 Å². The number of halogens is 2. The SMILES string of the molecule is Cc1cc2c(Cl)ccc(-c3ccc(Br)c4sc([Si](C(C)C)(C(C)C)C(C)C)cc34)c2s1. The molecule has 4 rings (SSSR count). The first kappa shape index (κ1) is 23.5. The Hall–Kier alpha value is -0.653. The molecule has 0 unspecified atom stereocenters. The largest absolute Gasteiger partial charge is 0.144 e. The maximum atomic E-state index is 6.55. The van der Waals surface area contributed by atoms with E-state index >= 15 is 0 Å². The third kappa shape index (κ3) is 3.67. The number of rotatable bonds is 5. The van der Waals surface area contributed by atoms with Crippen molar-refractivity contribution in [3.05, 3.63) is 50.8 Å². The Balaban J connectivity index is 2.05. The van der Waals surface area contributed by atoms with Crippen LogP contribution in [-0.4, -0.2) is 8.07 Å². The van der Waals surface area contributed by atoms with E-state index in [1.54, 1.807) is 4.50 Å². The number of fused-ring (bicyclic) bond motifs is 2. The van der Waals surface area contributed by atoms with Crippen molar-refractivity contribution in [3.63, 3.8) is 0 Å². The Bertz CT molecular complexity index is 1240. The first-order valence-electron chi connectivity index (χ1n) is 11.0. The molecule has 0 radical (unpaired) electrons. The van der Waals surface area contributed by atoms with E-state index in [0.717, 1.165) is 5.02 Å². The Morgan fingerprint density at radius 1 is 0.774 bits per heavy atom. The Kier molecular flexibility index (Phi) is 6.52. The summed E-state index contributed by atoms with van der Waals surface area (Å²) in [5.41, 5.74) is 4.72. The summed E-state index contributed by atoms with van der Waals surface area (Å²) in [7, 11) is -1.71. The molecule has 4 aromatic rings. The zero-order chi connectivity index (χ0) is 22.7. The first-order valence-corrected chi connectivity index (χ1v) is 16.0. The van der Waals surface area contributed by atoms with Crippen LogP contribution in [0.3, 0.4) is 0 Å². The van der Waals surface area contributed by atoms with E-state index in [4.69, 9.17) is 11.6 Å². The van der Waals surface area contributed by atoms with Gasteiger partial charge in [0.1, 0.15) is 8.07 Å². The van der Waals surface area contributed by atoms with Crippen molar-refractivity contribution in [2.75, 3.05) is 0 Å². The van der Waals surface area contributed by atoms with Crippen LogP contribution < -0.4 is 4.50 Å². The lowest BCUT2D eigenvalue weighted by atomic mass is 10.0. The summed E-state index contributed by atoms with van der Waals surface area (Å²) >= 11 is 14.3. The lowest BCUT2D eigenvalue weighted by molar-refractivity contribution is 0.837. The predicted molar refractivity (Wildman–Crippen MR) is 151 cm³/mol. The zero-order valence-corrected chi connectivity index (χ0v) is 24.2. The summed E-state index contributed by atoms with van der Waals surface area (Å²) < 4.78 is 5.52. The number of benzene rings is 2. The molecule has 0 bridgehead atoms. The fraction of sp³-hybridized carbons (Fsp3) is 0.385. The highest BCUT2D eigenvalue weighted by Gasteiger charge is 2.45. The summed E-state index contributed by atoms with van der Waals surface area (Å²) in [5.74, 6) is 0. The minimum atomic E-state index is -1.71. The molecular formula is C26H30BrClS2Si. The number of hydrogen-bond acceptors (Lipinski definition) is 2. The fourth-order valence-electron chi connectivity index (χ4n) is 5.82. The molecule has 0 amide bonds. The van der Waals surface area contributed by atoms with Crippen LogP contribution in [0.4, 0.5) is 0 Å². The van der Waals surface area contributed by atoms with Crippen molar-refractivity contribution in [1.29, 1.82) is 0 Å². The molecule has 0 nitrogen and oxygen atoms in total. The first-order chi connectivity index (χ1) is 14.6. The second-order valence-electron chi connectivity index (χ2n) is 9.54. The van der Waals surface area contributed by atoms with Crippen LogP contribution in [0.5, 0.6) is 0 Å². The van der Waals surface area contributed by atoms with E-state index in [1.165, 1.54) is 40.6 Å². The Labute approximate surface area is 208 Å². The van der Waals surface area contributed by atoms with Gasteiger partial charge in [0.05, 0.1) is 0 Å². The van der Waals surface area contributed by atoms with Crippen LogP contribution in [0, 0.1) is 6.92 Å². The highest BCUT2D eigenvalue weighted by molar-refractivity contribution is 9.10. The van der Waals surface area contributed by atoms with Gasteiger partial charge in [0.25, 0.3) is 0 Å². The zero-order valence-electron chi connectivity index (χ0n) is 19.3. The lowest BCUT2D eigenvalue weighted by Crippen LogP contribution is -2.54. The molecule has 0 aliphatic carbocycles. The van der Waals surface area contributed by atoms with Crippen molar-refractivity contribution in [3.8, 4) is 11.1 Å². The third-order valence-electron chi connectivity index (χ3n) is 6.97. The van der Waals surface area contributed by atoms with E-state index in [1.807, 2.05) is 22.7 Å². The second-order valence-corrected chi connectivity index (χ2v) is 19.3. The summed E-state index contributed by atoms with van der Waals surface area (Å²) in [6, 6.07) is 13.5. The van der Waals surface area contributed by atoms with Crippen molar-refractivity contribution in [1.82, 2.24) is 0 Å². The average molecular weight is 550 g/mol. The van der Waals surface area contributed by atoms with E-state index in [0.29, 0.717) is 16.6 Å². The van der Waals surface area contributed by atoms with Gasteiger partial charge < -0.3 is 0 Å². The van der Waals surface area contributed by atoms with E-state index in [-0.39, 0.29) is 0 Å². The van der Waals surface area contributed by atoms with Gasteiger partial charge in [0, 0.05) is 40.1 Å². The van der Waals surface area contributed by atoms with Crippen LogP contribution >= 0.6 is 50.2 Å². The number of hydrogen-bond donors (Lipinski definition) is 0. The van der Waals surface area contributed by atoms with Gasteiger partial charge in [-0.05, 0) is 73.8 Å². The third-order valence-corrected chi connectivity index (χ3v) is 18.4. The fourth-order valence-corrected chi connectivity index (χ4v) is 17.8. The van der Waals surface area contributed by atoms with Crippen LogP contribution in [-0.2, 0) is 0 Å². The molecule has 2 aromatic carbocycles. The number of thiophene rings is 2. The topological polar surface area (TPSA) is 0 Å². The molecule has 0 saturated carbocycles. The summed E-state index contributed by atoms with van der Waals surface area (Å²) in [6.07, 6.45) is 0. The Morgan fingerprint density at radius 3 is 2.00 bits per heavy atom. The van der Waals surface area contributed by atoms with Gasteiger partial charge >= 0.3 is 0 Å². The van der Waals surface area contributed by atoms with Crippen molar-refractivity contribution in [2.24, 2.45) is 0 Å². The normalized spacial score (nSPS) is 12.9. The standard InChI is InChI=1S/C26H30BrClS2Si/c1-14(2)31(15(3)4,16(5)6)24-13-20-18(8-10-22(27)26(20)30-24)19-9-11-23(28)21-12-17(7)29-25(19)21/h8-16H,1-7H3. The molecule has 0 N–H and O–H groups in total. The molecule has 0 aliphatic rings. The predicted octanol–water partition coefficient (Wildman–Crippen LogP) is 10.4. The van der Waals surface area contributed by atoms with Crippen molar-refractivity contribution < 1.29 is 0 Å². The van der Waals surface area contributed by atoms with E-state index in [9.17, 15) is 0 Å². The smallest absolute Gasteiger partial charge is 0.107 e. The van der Waals surface area contributed by atoms with Crippen molar-refractivity contribution >= 4 is 83.0 Å². The van der Waals surface area contributed by atoms with Gasteiger partial charge in [-0.2, -0.15) is 0 Å². The monoisotopic (exact) mass is 548 g/mol.